The Balaban J connectivity index is 2.75. The molecule has 3 nitrogen and oxygen atoms in total. The lowest BCUT2D eigenvalue weighted by atomic mass is 10.2. The Morgan fingerprint density at radius 2 is 2.21 bits per heavy atom. The summed E-state index contributed by atoms with van der Waals surface area (Å²) >= 11 is 6.63. The number of methoxy groups -OCH3 is 1. The Kier molecular flexibility index (Phi) is 4.54. The third kappa shape index (κ3) is 2.78. The molecule has 14 heavy (non-hydrogen) atoms. The van der Waals surface area contributed by atoms with Gasteiger partial charge in [-0.1, -0.05) is 37.9 Å². The van der Waals surface area contributed by atoms with Gasteiger partial charge in [-0.05, 0) is 12.1 Å². The maximum absolute atomic E-state index is 11.2. The highest BCUT2D eigenvalue weighted by molar-refractivity contribution is 9.12. The summed E-state index contributed by atoms with van der Waals surface area (Å²) in [5, 5.41) is 0. The van der Waals surface area contributed by atoms with E-state index >= 15 is 0 Å². The van der Waals surface area contributed by atoms with Crippen LogP contribution in [0.3, 0.4) is 0 Å². The molecule has 2 atom stereocenters. The number of nitrogens with zero attached hydrogens (tertiary/aromatic N) is 1. The zero-order valence-corrected chi connectivity index (χ0v) is 10.7. The molecule has 0 spiro atoms. The molecule has 0 N–H and O–H groups in total. The molecule has 0 saturated carbocycles. The maximum Gasteiger partial charge on any atom is 0.321 e. The summed E-state index contributed by atoms with van der Waals surface area (Å²) < 4.78 is 4.61. The van der Waals surface area contributed by atoms with Gasteiger partial charge in [0, 0.05) is 6.20 Å². The quantitative estimate of drug-likeness (QED) is 0.634. The molecular formula is C9H9Br2NO2. The van der Waals surface area contributed by atoms with E-state index in [9.17, 15) is 4.79 Å². The van der Waals surface area contributed by atoms with Gasteiger partial charge in [-0.15, -0.1) is 0 Å². The first-order valence-electron chi connectivity index (χ1n) is 3.93. The molecule has 0 fully saturated rings. The number of esters is 1. The standard InChI is InChI=1S/C9H9Br2NO2/c1-14-9(13)8(11)7(10)6-4-2-3-5-12-6/h2-5,7-8H,1H3. The van der Waals surface area contributed by atoms with Gasteiger partial charge in [-0.25, -0.2) is 0 Å². The van der Waals surface area contributed by atoms with E-state index in [1.165, 1.54) is 7.11 Å². The number of pyridine rings is 1. The lowest BCUT2D eigenvalue weighted by Crippen LogP contribution is -2.20. The van der Waals surface area contributed by atoms with Crippen molar-refractivity contribution in [2.45, 2.75) is 9.65 Å². The van der Waals surface area contributed by atoms with Gasteiger partial charge in [0.15, 0.2) is 0 Å². The average molecular weight is 323 g/mol. The number of rotatable bonds is 3. The predicted molar refractivity (Wildman–Crippen MR) is 60.6 cm³/mol. The molecule has 0 aromatic carbocycles. The Morgan fingerprint density at radius 3 is 2.71 bits per heavy atom. The molecule has 76 valence electrons. The second-order valence-corrected chi connectivity index (χ2v) is 4.55. The number of carbonyl (C=O) groups excluding carboxylic acids is 1. The molecule has 0 amide bonds. The van der Waals surface area contributed by atoms with Crippen molar-refractivity contribution < 1.29 is 9.53 Å². The molecular weight excluding hydrogens is 314 g/mol. The van der Waals surface area contributed by atoms with Gasteiger partial charge in [-0.3, -0.25) is 9.78 Å². The van der Waals surface area contributed by atoms with Gasteiger partial charge in [0.1, 0.15) is 4.83 Å². The molecule has 1 heterocycles. The summed E-state index contributed by atoms with van der Waals surface area (Å²) in [5.41, 5.74) is 0.791. The highest BCUT2D eigenvalue weighted by Crippen LogP contribution is 2.30. The molecule has 0 saturated heterocycles. The van der Waals surface area contributed by atoms with Crippen molar-refractivity contribution in [1.29, 1.82) is 0 Å². The molecule has 0 bridgehead atoms. The summed E-state index contributed by atoms with van der Waals surface area (Å²) in [6.45, 7) is 0. The second kappa shape index (κ2) is 5.46. The Hall–Kier alpha value is -0.420. The molecule has 0 aliphatic carbocycles. The summed E-state index contributed by atoms with van der Waals surface area (Å²) in [4.78, 5) is 14.7. The molecule has 5 heteroatoms. The number of halogens is 2. The highest BCUT2D eigenvalue weighted by atomic mass is 79.9. The molecule has 0 aliphatic heterocycles. The van der Waals surface area contributed by atoms with E-state index < -0.39 is 4.83 Å². The van der Waals surface area contributed by atoms with Crippen LogP contribution in [-0.4, -0.2) is 22.9 Å². The smallest absolute Gasteiger partial charge is 0.321 e. The number of hydrogen-bond acceptors (Lipinski definition) is 3. The number of ether oxygens (including phenoxy) is 1. The lowest BCUT2D eigenvalue weighted by molar-refractivity contribution is -0.139. The minimum Gasteiger partial charge on any atom is -0.468 e. The molecule has 2 unspecified atom stereocenters. The summed E-state index contributed by atoms with van der Waals surface area (Å²) in [6.07, 6.45) is 1.68. The SMILES string of the molecule is COC(=O)C(Br)C(Br)c1ccccn1. The van der Waals surface area contributed by atoms with Crippen molar-refractivity contribution in [3.63, 3.8) is 0 Å². The minimum absolute atomic E-state index is 0.184. The molecule has 1 aromatic rings. The second-order valence-electron chi connectivity index (χ2n) is 2.58. The number of hydrogen-bond donors (Lipinski definition) is 0. The van der Waals surface area contributed by atoms with Crippen LogP contribution in [0.25, 0.3) is 0 Å². The fourth-order valence-corrected chi connectivity index (χ4v) is 1.87. The number of aromatic nitrogens is 1. The topological polar surface area (TPSA) is 39.2 Å². The van der Waals surface area contributed by atoms with Crippen LogP contribution in [0, 0.1) is 0 Å². The van der Waals surface area contributed by atoms with Gasteiger partial charge < -0.3 is 4.74 Å². The van der Waals surface area contributed by atoms with E-state index in [1.54, 1.807) is 6.20 Å². The average Bonchev–Trinajstić information content (AvgIpc) is 2.27. The van der Waals surface area contributed by atoms with E-state index in [4.69, 9.17) is 0 Å². The predicted octanol–water partition coefficient (Wildman–Crippen LogP) is 2.45. The zero-order chi connectivity index (χ0) is 10.6. The van der Waals surface area contributed by atoms with Gasteiger partial charge in [0.25, 0.3) is 0 Å². The van der Waals surface area contributed by atoms with Crippen LogP contribution in [-0.2, 0) is 9.53 Å². The maximum atomic E-state index is 11.2. The Morgan fingerprint density at radius 1 is 1.50 bits per heavy atom. The first-order valence-corrected chi connectivity index (χ1v) is 5.77. The first-order chi connectivity index (χ1) is 6.66. The van der Waals surface area contributed by atoms with E-state index in [1.807, 2.05) is 18.2 Å². The van der Waals surface area contributed by atoms with Crippen molar-refractivity contribution in [2.75, 3.05) is 7.11 Å². The molecule has 1 rings (SSSR count). The van der Waals surface area contributed by atoms with E-state index in [0.29, 0.717) is 0 Å². The normalized spacial score (nSPS) is 14.5. The monoisotopic (exact) mass is 321 g/mol. The van der Waals surface area contributed by atoms with Gasteiger partial charge in [0.05, 0.1) is 17.6 Å². The van der Waals surface area contributed by atoms with Crippen molar-refractivity contribution in [3.05, 3.63) is 30.1 Å². The lowest BCUT2D eigenvalue weighted by Gasteiger charge is -2.13. The van der Waals surface area contributed by atoms with Crippen molar-refractivity contribution in [1.82, 2.24) is 4.98 Å². The van der Waals surface area contributed by atoms with Crippen LogP contribution >= 0.6 is 31.9 Å². The molecule has 0 aliphatic rings. The van der Waals surface area contributed by atoms with Gasteiger partial charge >= 0.3 is 5.97 Å². The zero-order valence-electron chi connectivity index (χ0n) is 7.48. The van der Waals surface area contributed by atoms with E-state index in [2.05, 4.69) is 41.6 Å². The molecule has 1 aromatic heterocycles. The van der Waals surface area contributed by atoms with Crippen LogP contribution < -0.4 is 0 Å². The summed E-state index contributed by atoms with van der Waals surface area (Å²) in [6, 6.07) is 5.54. The first kappa shape index (κ1) is 11.7. The van der Waals surface area contributed by atoms with Crippen LogP contribution in [0.1, 0.15) is 10.5 Å². The van der Waals surface area contributed by atoms with Crippen molar-refractivity contribution in [2.24, 2.45) is 0 Å². The fourth-order valence-electron chi connectivity index (χ4n) is 0.921. The largest absolute Gasteiger partial charge is 0.468 e. The number of alkyl halides is 2. The minimum atomic E-state index is -0.428. The van der Waals surface area contributed by atoms with Crippen LogP contribution in [0.15, 0.2) is 24.4 Å². The molecule has 0 radical (unpaired) electrons. The fraction of sp³-hybridized carbons (Fsp3) is 0.333. The summed E-state index contributed by atoms with van der Waals surface area (Å²) in [7, 11) is 1.36. The third-order valence-electron chi connectivity index (χ3n) is 1.65. The van der Waals surface area contributed by atoms with Crippen LogP contribution in [0.2, 0.25) is 0 Å². The van der Waals surface area contributed by atoms with Gasteiger partial charge in [-0.2, -0.15) is 0 Å². The van der Waals surface area contributed by atoms with Crippen LogP contribution in [0.5, 0.6) is 0 Å². The van der Waals surface area contributed by atoms with Crippen molar-refractivity contribution in [3.8, 4) is 0 Å². The number of carbonyl (C=O) groups is 1. The Bertz CT molecular complexity index is 305. The summed E-state index contributed by atoms with van der Waals surface area (Å²) in [5.74, 6) is -0.322. The Labute approximate surface area is 99.1 Å². The van der Waals surface area contributed by atoms with Gasteiger partial charge in [0.2, 0.25) is 0 Å². The van der Waals surface area contributed by atoms with E-state index in [0.717, 1.165) is 5.69 Å². The van der Waals surface area contributed by atoms with Crippen molar-refractivity contribution >= 4 is 37.8 Å². The van der Waals surface area contributed by atoms with E-state index in [-0.39, 0.29) is 10.8 Å². The highest BCUT2D eigenvalue weighted by Gasteiger charge is 2.26. The third-order valence-corrected chi connectivity index (χ3v) is 4.26. The van der Waals surface area contributed by atoms with Crippen LogP contribution in [0.4, 0.5) is 0 Å².